The Balaban J connectivity index is 1.77. The fourth-order valence-electron chi connectivity index (χ4n) is 2.24. The lowest BCUT2D eigenvalue weighted by Gasteiger charge is -2.22. The molecule has 5 heteroatoms. The van der Waals surface area contributed by atoms with Crippen molar-refractivity contribution in [2.75, 3.05) is 26.3 Å². The summed E-state index contributed by atoms with van der Waals surface area (Å²) >= 11 is 0. The van der Waals surface area contributed by atoms with Crippen LogP contribution in [0.1, 0.15) is 36.5 Å². The summed E-state index contributed by atoms with van der Waals surface area (Å²) in [5.41, 5.74) is 0.588. The summed E-state index contributed by atoms with van der Waals surface area (Å²) in [5.74, 6) is 0.686. The van der Waals surface area contributed by atoms with Crippen LogP contribution in [0.25, 0.3) is 0 Å². The van der Waals surface area contributed by atoms with Gasteiger partial charge in [-0.15, -0.1) is 0 Å². The Kier molecular flexibility index (Phi) is 5.95. The smallest absolute Gasteiger partial charge is 0.166 e. The second-order valence-corrected chi connectivity index (χ2v) is 4.84. The van der Waals surface area contributed by atoms with Gasteiger partial charge in [-0.25, -0.2) is 0 Å². The zero-order valence-electron chi connectivity index (χ0n) is 11.9. The van der Waals surface area contributed by atoms with Crippen LogP contribution in [-0.4, -0.2) is 43.2 Å². The molecule has 0 atom stereocenters. The molecule has 20 heavy (non-hydrogen) atoms. The maximum Gasteiger partial charge on any atom is 0.166 e. The van der Waals surface area contributed by atoms with Gasteiger partial charge in [0, 0.05) is 18.2 Å². The molecule has 1 aromatic rings. The maximum absolute atomic E-state index is 12.1. The van der Waals surface area contributed by atoms with E-state index < -0.39 is 0 Å². The molecule has 2 heterocycles. The van der Waals surface area contributed by atoms with Crippen molar-refractivity contribution in [3.63, 3.8) is 0 Å². The van der Waals surface area contributed by atoms with E-state index in [0.29, 0.717) is 30.9 Å². The Labute approximate surface area is 119 Å². The highest BCUT2D eigenvalue weighted by atomic mass is 16.5. The van der Waals surface area contributed by atoms with Gasteiger partial charge in [-0.05, 0) is 38.9 Å². The molecule has 1 aliphatic heterocycles. The molecule has 1 saturated heterocycles. The van der Waals surface area contributed by atoms with Crippen LogP contribution < -0.4 is 10.1 Å². The Morgan fingerprint density at radius 1 is 1.40 bits per heavy atom. The highest BCUT2D eigenvalue weighted by Gasteiger charge is 2.14. The van der Waals surface area contributed by atoms with Gasteiger partial charge in [-0.1, -0.05) is 0 Å². The molecular formula is C15H22N2O3. The number of carbonyl (C=O) groups is 1. The van der Waals surface area contributed by atoms with Crippen LogP contribution in [0.4, 0.5) is 0 Å². The highest BCUT2D eigenvalue weighted by molar-refractivity contribution is 5.96. The topological polar surface area (TPSA) is 60.5 Å². The van der Waals surface area contributed by atoms with Gasteiger partial charge < -0.3 is 14.8 Å². The third-order valence-corrected chi connectivity index (χ3v) is 3.31. The lowest BCUT2D eigenvalue weighted by molar-refractivity contribution is 0.0313. The minimum atomic E-state index is 0.0491. The van der Waals surface area contributed by atoms with Gasteiger partial charge in [0.05, 0.1) is 25.5 Å². The van der Waals surface area contributed by atoms with Crippen LogP contribution in [0.2, 0.25) is 0 Å². The number of hydrogen-bond donors (Lipinski definition) is 1. The largest absolute Gasteiger partial charge is 0.492 e. The molecule has 0 bridgehead atoms. The van der Waals surface area contributed by atoms with Crippen LogP contribution in [0.5, 0.6) is 5.75 Å². The number of ketones is 1. The summed E-state index contributed by atoms with van der Waals surface area (Å²) in [6.07, 6.45) is 5.92. The van der Waals surface area contributed by atoms with Crippen molar-refractivity contribution in [2.45, 2.75) is 32.3 Å². The molecular weight excluding hydrogens is 256 g/mol. The molecule has 0 amide bonds. The highest BCUT2D eigenvalue weighted by Crippen LogP contribution is 2.13. The van der Waals surface area contributed by atoms with E-state index in [-0.39, 0.29) is 11.9 Å². The number of pyridine rings is 1. The molecule has 1 aromatic heterocycles. The van der Waals surface area contributed by atoms with Gasteiger partial charge in [0.15, 0.2) is 5.78 Å². The Morgan fingerprint density at radius 3 is 2.95 bits per heavy atom. The molecule has 1 aliphatic rings. The molecule has 0 spiro atoms. The van der Waals surface area contributed by atoms with Crippen LogP contribution in [0, 0.1) is 0 Å². The average Bonchev–Trinajstić information content (AvgIpc) is 2.49. The Morgan fingerprint density at radius 2 is 2.20 bits per heavy atom. The molecule has 1 fully saturated rings. The van der Waals surface area contributed by atoms with E-state index >= 15 is 0 Å². The average molecular weight is 278 g/mol. The fourth-order valence-corrected chi connectivity index (χ4v) is 2.24. The second kappa shape index (κ2) is 7.97. The summed E-state index contributed by atoms with van der Waals surface area (Å²) in [7, 11) is 0. The number of carbonyl (C=O) groups excluding carboxylic acids is 1. The van der Waals surface area contributed by atoms with Gasteiger partial charge in [0.2, 0.25) is 0 Å². The summed E-state index contributed by atoms with van der Waals surface area (Å²) < 4.78 is 11.1. The van der Waals surface area contributed by atoms with Crippen molar-refractivity contribution in [1.29, 1.82) is 0 Å². The van der Waals surface area contributed by atoms with E-state index in [1.807, 2.05) is 6.92 Å². The quantitative estimate of drug-likeness (QED) is 0.771. The van der Waals surface area contributed by atoms with E-state index in [0.717, 1.165) is 25.9 Å². The number of piperidine rings is 1. The Hall–Kier alpha value is -1.46. The van der Waals surface area contributed by atoms with Crippen molar-refractivity contribution in [2.24, 2.45) is 0 Å². The molecule has 0 aromatic carbocycles. The molecule has 0 unspecified atom stereocenters. The number of ether oxygens (including phenoxy) is 2. The van der Waals surface area contributed by atoms with E-state index in [1.165, 1.54) is 0 Å². The zero-order chi connectivity index (χ0) is 14.2. The lowest BCUT2D eigenvalue weighted by atomic mass is 10.1. The first-order chi connectivity index (χ1) is 9.79. The first-order valence-corrected chi connectivity index (χ1v) is 7.23. The van der Waals surface area contributed by atoms with Crippen LogP contribution in [-0.2, 0) is 4.74 Å². The second-order valence-electron chi connectivity index (χ2n) is 4.84. The molecule has 5 nitrogen and oxygen atoms in total. The van der Waals surface area contributed by atoms with Crippen molar-refractivity contribution < 1.29 is 14.3 Å². The number of aromatic nitrogens is 1. The SMILES string of the molecule is CCOc1cncc(C(=O)CCOC2CCNCC2)c1. The fraction of sp³-hybridized carbons (Fsp3) is 0.600. The molecule has 110 valence electrons. The molecule has 0 saturated carbocycles. The predicted molar refractivity (Wildman–Crippen MR) is 76.2 cm³/mol. The lowest BCUT2D eigenvalue weighted by Crippen LogP contribution is -2.32. The summed E-state index contributed by atoms with van der Waals surface area (Å²) in [4.78, 5) is 16.1. The first kappa shape index (κ1) is 14.9. The van der Waals surface area contributed by atoms with Crippen LogP contribution >= 0.6 is 0 Å². The molecule has 0 aliphatic carbocycles. The molecule has 2 rings (SSSR count). The van der Waals surface area contributed by atoms with Crippen molar-refractivity contribution in [3.8, 4) is 5.75 Å². The first-order valence-electron chi connectivity index (χ1n) is 7.23. The van der Waals surface area contributed by atoms with Crippen molar-refractivity contribution in [1.82, 2.24) is 10.3 Å². The van der Waals surface area contributed by atoms with Gasteiger partial charge >= 0.3 is 0 Å². The van der Waals surface area contributed by atoms with E-state index in [1.54, 1.807) is 18.5 Å². The molecule has 0 radical (unpaired) electrons. The number of rotatable bonds is 7. The van der Waals surface area contributed by atoms with Gasteiger partial charge in [-0.2, -0.15) is 0 Å². The van der Waals surface area contributed by atoms with Gasteiger partial charge in [0.1, 0.15) is 5.75 Å². The van der Waals surface area contributed by atoms with Crippen LogP contribution in [0.15, 0.2) is 18.5 Å². The standard InChI is InChI=1S/C15H22N2O3/c1-2-19-14-9-12(10-17-11-14)15(18)5-8-20-13-3-6-16-7-4-13/h9-11,13,16H,2-8H2,1H3. The van der Waals surface area contributed by atoms with E-state index in [2.05, 4.69) is 10.3 Å². The maximum atomic E-state index is 12.1. The Bertz CT molecular complexity index is 431. The third-order valence-electron chi connectivity index (χ3n) is 3.31. The number of nitrogens with one attached hydrogen (secondary N) is 1. The minimum absolute atomic E-state index is 0.0491. The monoisotopic (exact) mass is 278 g/mol. The number of Topliss-reactive ketones (excluding diaryl/α,β-unsaturated/α-hetero) is 1. The van der Waals surface area contributed by atoms with Gasteiger partial charge in [-0.3, -0.25) is 9.78 Å². The molecule has 1 N–H and O–H groups in total. The third kappa shape index (κ3) is 4.58. The zero-order valence-corrected chi connectivity index (χ0v) is 11.9. The van der Waals surface area contributed by atoms with Crippen molar-refractivity contribution >= 4 is 5.78 Å². The number of nitrogens with zero attached hydrogens (tertiary/aromatic N) is 1. The van der Waals surface area contributed by atoms with Crippen LogP contribution in [0.3, 0.4) is 0 Å². The number of hydrogen-bond acceptors (Lipinski definition) is 5. The predicted octanol–water partition coefficient (Wildman–Crippen LogP) is 1.82. The van der Waals surface area contributed by atoms with Gasteiger partial charge in [0.25, 0.3) is 0 Å². The van der Waals surface area contributed by atoms with E-state index in [9.17, 15) is 4.79 Å². The summed E-state index contributed by atoms with van der Waals surface area (Å²) in [5, 5.41) is 3.29. The van der Waals surface area contributed by atoms with E-state index in [4.69, 9.17) is 9.47 Å². The normalized spacial score (nSPS) is 16.1. The van der Waals surface area contributed by atoms with Crippen molar-refractivity contribution in [3.05, 3.63) is 24.0 Å². The summed E-state index contributed by atoms with van der Waals surface area (Å²) in [6, 6.07) is 1.74. The minimum Gasteiger partial charge on any atom is -0.492 e. The summed E-state index contributed by atoms with van der Waals surface area (Å²) in [6.45, 7) is 4.94.